The number of allylic oxidation sites excluding steroid dienone is 2. The van der Waals surface area contributed by atoms with Crippen LogP contribution in [0.3, 0.4) is 0 Å². The van der Waals surface area contributed by atoms with Gasteiger partial charge in [-0.2, -0.15) is 0 Å². The van der Waals surface area contributed by atoms with Crippen LogP contribution in [-0.2, 0) is 0 Å². The predicted molar refractivity (Wildman–Crippen MR) is 98.2 cm³/mol. The smallest absolute Gasteiger partial charge is 0.0414 e. The third-order valence-corrected chi connectivity index (χ3v) is 10.00. The van der Waals surface area contributed by atoms with Crippen molar-refractivity contribution >= 4 is 136 Å². The molecule has 0 rings (SSSR count). The molecule has 0 aliphatic carbocycles. The van der Waals surface area contributed by atoms with Crippen molar-refractivity contribution in [3.63, 3.8) is 0 Å². The molecule has 0 spiro atoms. The van der Waals surface area contributed by atoms with E-state index in [0.29, 0.717) is 0 Å². The van der Waals surface area contributed by atoms with Crippen LogP contribution >= 0.6 is 136 Å². The first-order valence-corrected chi connectivity index (χ1v) is 8.36. The number of rotatable bonds is 1. The fourth-order valence-electron chi connectivity index (χ4n) is 0.166. The molecule has 6 heteroatoms. The molecule has 0 radical (unpaired) electrons. The van der Waals surface area contributed by atoms with Crippen LogP contribution in [0.1, 0.15) is 0 Å². The zero-order valence-corrected chi connectivity index (χ0v) is 17.2. The Balaban J connectivity index is 4.71. The lowest BCUT2D eigenvalue weighted by Crippen LogP contribution is -1.70. The summed E-state index contributed by atoms with van der Waals surface area (Å²) < 4.78 is 5.34. The Kier molecular flexibility index (Phi) is 9.97. The van der Waals surface area contributed by atoms with Crippen molar-refractivity contribution in [3.8, 4) is 0 Å². The average Bonchev–Trinajstić information content (AvgIpc) is 1.84. The summed E-state index contributed by atoms with van der Waals surface area (Å²) in [6.45, 7) is 0. The second-order valence-electron chi connectivity index (χ2n) is 1.15. The van der Waals surface area contributed by atoms with E-state index in [1.54, 1.807) is 0 Å². The summed E-state index contributed by atoms with van der Waals surface area (Å²) in [5.41, 5.74) is 0. The molecule has 0 aromatic heterocycles. The predicted octanol–water partition coefficient (Wildman–Crippen LogP) is 5.93. The van der Waals surface area contributed by atoms with E-state index in [-0.39, 0.29) is 0 Å². The van der Waals surface area contributed by atoms with Crippen molar-refractivity contribution in [2.75, 3.05) is 0 Å². The molecule has 0 bridgehead atoms. The lowest BCUT2D eigenvalue weighted by Gasteiger charge is -1.97. The van der Waals surface area contributed by atoms with Gasteiger partial charge in [-0.1, -0.05) is 0 Å². The quantitative estimate of drug-likeness (QED) is 0.228. The number of halogens is 6. The van der Waals surface area contributed by atoms with Gasteiger partial charge in [0.2, 0.25) is 0 Å². The van der Waals surface area contributed by atoms with Gasteiger partial charge in [-0.25, -0.2) is 0 Å². The van der Waals surface area contributed by atoms with Crippen molar-refractivity contribution in [2.45, 2.75) is 0 Å². The molecule has 0 fully saturated rings. The summed E-state index contributed by atoms with van der Waals surface area (Å²) in [6, 6.07) is 0. The SMILES string of the molecule is IC(I)=C(I)C(I)=C(I)I. The molecule has 0 amide bonds. The standard InChI is InChI=1S/C4I6/c5-1(3(7)8)2(6)4(9)10. The lowest BCUT2D eigenvalue weighted by molar-refractivity contribution is 2.05. The van der Waals surface area contributed by atoms with E-state index in [2.05, 4.69) is 136 Å². The van der Waals surface area contributed by atoms with Crippen molar-refractivity contribution < 1.29 is 0 Å². The van der Waals surface area contributed by atoms with Crippen molar-refractivity contribution in [1.82, 2.24) is 0 Å². The van der Waals surface area contributed by atoms with Gasteiger partial charge in [-0.3, -0.25) is 0 Å². The third kappa shape index (κ3) is 5.56. The largest absolute Gasteiger partial charge is 0.0658 e. The molecule has 0 saturated heterocycles. The molecule has 0 aromatic carbocycles. The van der Waals surface area contributed by atoms with Crippen LogP contribution in [0.2, 0.25) is 0 Å². The van der Waals surface area contributed by atoms with Gasteiger partial charge >= 0.3 is 0 Å². The van der Waals surface area contributed by atoms with E-state index in [0.717, 1.165) is 0 Å². The zero-order chi connectivity index (χ0) is 8.31. The van der Waals surface area contributed by atoms with Gasteiger partial charge in [0.15, 0.2) is 0 Å². The number of hydrogen-bond donors (Lipinski definition) is 0. The van der Waals surface area contributed by atoms with Gasteiger partial charge in [0.25, 0.3) is 0 Å². The van der Waals surface area contributed by atoms with Gasteiger partial charge in [-0.15, -0.1) is 0 Å². The highest BCUT2D eigenvalue weighted by Gasteiger charge is 2.04. The van der Waals surface area contributed by atoms with E-state index in [4.69, 9.17) is 0 Å². The first kappa shape index (κ1) is 13.9. The molecule has 0 aliphatic heterocycles. The molecule has 0 nitrogen and oxygen atoms in total. The third-order valence-electron chi connectivity index (χ3n) is 0.525. The minimum absolute atomic E-state index is 1.33. The molecule has 0 heterocycles. The molecule has 0 saturated carbocycles. The molecule has 0 aromatic rings. The van der Waals surface area contributed by atoms with Gasteiger partial charge in [0, 0.05) is 7.16 Å². The van der Waals surface area contributed by atoms with E-state index >= 15 is 0 Å². The maximum atomic E-state index is 2.36. The van der Waals surface area contributed by atoms with Crippen LogP contribution in [0.5, 0.6) is 0 Å². The van der Waals surface area contributed by atoms with Crippen LogP contribution < -0.4 is 0 Å². The monoisotopic (exact) mass is 809 g/mol. The summed E-state index contributed by atoms with van der Waals surface area (Å²) in [7, 11) is 0. The Hall–Kier alpha value is 3.86. The van der Waals surface area contributed by atoms with E-state index in [9.17, 15) is 0 Å². The van der Waals surface area contributed by atoms with Crippen molar-refractivity contribution in [3.05, 3.63) is 10.3 Å². The molecule has 0 aliphatic rings. The minimum atomic E-state index is 1.33. The Morgan fingerprint density at radius 3 is 0.800 bits per heavy atom. The van der Waals surface area contributed by atoms with Crippen LogP contribution in [0.25, 0.3) is 0 Å². The second kappa shape index (κ2) is 7.19. The fourth-order valence-corrected chi connectivity index (χ4v) is 3.85. The first-order chi connectivity index (χ1) is 4.46. The van der Waals surface area contributed by atoms with Crippen LogP contribution in [-0.4, -0.2) is 0 Å². The summed E-state index contributed by atoms with van der Waals surface area (Å²) in [6.07, 6.45) is 0. The average molecular weight is 809 g/mol. The van der Waals surface area contributed by atoms with Gasteiger partial charge in [0.1, 0.15) is 0 Å². The van der Waals surface area contributed by atoms with Gasteiger partial charge in [-0.05, 0) is 136 Å². The van der Waals surface area contributed by atoms with Crippen molar-refractivity contribution in [2.24, 2.45) is 0 Å². The minimum Gasteiger partial charge on any atom is -0.0414 e. The highest BCUT2D eigenvalue weighted by Crippen LogP contribution is 2.39. The number of hydrogen-bond acceptors (Lipinski definition) is 0. The Morgan fingerprint density at radius 2 is 0.700 bits per heavy atom. The van der Waals surface area contributed by atoms with Crippen LogP contribution in [0.4, 0.5) is 0 Å². The highest BCUT2D eigenvalue weighted by atomic mass is 127. The summed E-state index contributed by atoms with van der Waals surface area (Å²) in [5, 5.41) is 0. The molecular formula is C4I6. The van der Waals surface area contributed by atoms with Crippen molar-refractivity contribution in [1.29, 1.82) is 0 Å². The fraction of sp³-hybridized carbons (Fsp3) is 0. The lowest BCUT2D eigenvalue weighted by atomic mass is 10.6. The van der Waals surface area contributed by atoms with Gasteiger partial charge in [0.05, 0.1) is 3.17 Å². The maximum Gasteiger partial charge on any atom is 0.0658 e. The van der Waals surface area contributed by atoms with Gasteiger partial charge < -0.3 is 0 Å². The molecular weight excluding hydrogens is 809 g/mol. The second-order valence-corrected chi connectivity index (χ2v) is 11.7. The molecule has 58 valence electrons. The zero-order valence-electron chi connectivity index (χ0n) is 4.27. The summed E-state index contributed by atoms with van der Waals surface area (Å²) in [4.78, 5) is 0. The Labute approximate surface area is 142 Å². The molecule has 0 unspecified atom stereocenters. The van der Waals surface area contributed by atoms with E-state index < -0.39 is 0 Å². The Morgan fingerprint density at radius 1 is 0.500 bits per heavy atom. The first-order valence-electron chi connectivity index (χ1n) is 1.88. The molecule has 0 N–H and O–H groups in total. The maximum absolute atomic E-state index is 2.36. The summed E-state index contributed by atoms with van der Waals surface area (Å²) in [5.74, 6) is 0. The van der Waals surface area contributed by atoms with E-state index in [1.807, 2.05) is 0 Å². The van der Waals surface area contributed by atoms with Crippen LogP contribution in [0, 0.1) is 0 Å². The molecule has 0 atom stereocenters. The van der Waals surface area contributed by atoms with E-state index in [1.165, 1.54) is 10.3 Å². The normalized spacial score (nSPS) is 9.00. The Bertz CT molecular complexity index is 160. The highest BCUT2D eigenvalue weighted by molar-refractivity contribution is 14.2. The topological polar surface area (TPSA) is 0 Å². The summed E-state index contributed by atoms with van der Waals surface area (Å²) >= 11 is 14.0. The van der Waals surface area contributed by atoms with Crippen LogP contribution in [0.15, 0.2) is 10.3 Å². The molecule has 10 heavy (non-hydrogen) atoms.